The van der Waals surface area contributed by atoms with Crippen molar-refractivity contribution in [3.05, 3.63) is 59.4 Å². The molecule has 0 spiro atoms. The van der Waals surface area contributed by atoms with Gasteiger partial charge in [-0.05, 0) is 43.5 Å². The predicted molar refractivity (Wildman–Crippen MR) is 103 cm³/mol. The molecule has 4 rings (SSSR count). The molecule has 5 nitrogen and oxygen atoms in total. The Morgan fingerprint density at radius 3 is 2.70 bits per heavy atom. The molecule has 27 heavy (non-hydrogen) atoms. The van der Waals surface area contributed by atoms with Gasteiger partial charge in [-0.2, -0.15) is 0 Å². The molecule has 0 aliphatic carbocycles. The van der Waals surface area contributed by atoms with Crippen LogP contribution in [-0.2, 0) is 11.2 Å². The van der Waals surface area contributed by atoms with Gasteiger partial charge >= 0.3 is 6.03 Å². The highest BCUT2D eigenvalue weighted by Crippen LogP contribution is 2.29. The quantitative estimate of drug-likeness (QED) is 0.835. The minimum atomic E-state index is -0.431. The Balaban J connectivity index is 1.49. The molecule has 2 heterocycles. The molecular formula is C21H22FN3O2. The number of halogens is 1. The number of carbonyl (C=O) groups is 2. The Morgan fingerprint density at radius 2 is 1.89 bits per heavy atom. The van der Waals surface area contributed by atoms with Crippen LogP contribution in [0.15, 0.2) is 42.5 Å². The van der Waals surface area contributed by atoms with E-state index >= 15 is 0 Å². The van der Waals surface area contributed by atoms with Crippen molar-refractivity contribution in [1.82, 2.24) is 4.90 Å². The molecule has 0 atom stereocenters. The Labute approximate surface area is 158 Å². The summed E-state index contributed by atoms with van der Waals surface area (Å²) in [6, 6.07) is 12.0. The summed E-state index contributed by atoms with van der Waals surface area (Å²) in [5.74, 6) is -0.525. The summed E-state index contributed by atoms with van der Waals surface area (Å²) < 4.78 is 14.0. The van der Waals surface area contributed by atoms with Gasteiger partial charge in [-0.1, -0.05) is 29.8 Å². The van der Waals surface area contributed by atoms with E-state index < -0.39 is 5.82 Å². The molecular weight excluding hydrogens is 345 g/mol. The number of para-hydroxylation sites is 1. The van der Waals surface area contributed by atoms with Crippen LogP contribution in [0.5, 0.6) is 0 Å². The Hall–Kier alpha value is -2.89. The summed E-state index contributed by atoms with van der Waals surface area (Å²) in [5, 5.41) is 0. The first-order valence-corrected chi connectivity index (χ1v) is 9.25. The molecule has 0 N–H and O–H groups in total. The lowest BCUT2D eigenvalue weighted by Crippen LogP contribution is -2.44. The van der Waals surface area contributed by atoms with Crippen molar-refractivity contribution in [1.29, 1.82) is 0 Å². The zero-order chi connectivity index (χ0) is 19.0. The Bertz CT molecular complexity index is 899. The number of aryl methyl sites for hydroxylation is 2. The highest BCUT2D eigenvalue weighted by molar-refractivity contribution is 6.01. The second kappa shape index (κ2) is 7.02. The molecule has 1 saturated heterocycles. The van der Waals surface area contributed by atoms with Gasteiger partial charge in [0.1, 0.15) is 12.4 Å². The number of carbonyl (C=O) groups excluding carboxylic acids is 2. The van der Waals surface area contributed by atoms with Crippen molar-refractivity contribution in [2.75, 3.05) is 36.0 Å². The number of hydrogen-bond acceptors (Lipinski definition) is 2. The lowest BCUT2D eigenvalue weighted by atomic mass is 9.99. The molecule has 3 amide bonds. The van der Waals surface area contributed by atoms with Gasteiger partial charge in [-0.3, -0.25) is 9.69 Å². The topological polar surface area (TPSA) is 43.9 Å². The smallest absolute Gasteiger partial charge is 0.313 e. The third kappa shape index (κ3) is 3.27. The third-order valence-corrected chi connectivity index (χ3v) is 5.22. The van der Waals surface area contributed by atoms with Crippen LogP contribution in [0, 0.1) is 12.7 Å². The average Bonchev–Trinajstić information content (AvgIpc) is 3.01. The number of fused-ring (bicyclic) bond motifs is 1. The maximum absolute atomic E-state index is 14.0. The molecule has 0 aromatic heterocycles. The molecule has 0 unspecified atom stereocenters. The van der Waals surface area contributed by atoms with Gasteiger partial charge in [0.2, 0.25) is 5.91 Å². The van der Waals surface area contributed by atoms with Crippen LogP contribution in [-0.4, -0.2) is 43.0 Å². The highest BCUT2D eigenvalue weighted by Gasteiger charge is 2.34. The summed E-state index contributed by atoms with van der Waals surface area (Å²) in [5.41, 5.74) is 3.55. The van der Waals surface area contributed by atoms with Gasteiger partial charge in [0.25, 0.3) is 0 Å². The van der Waals surface area contributed by atoms with Crippen molar-refractivity contribution < 1.29 is 14.0 Å². The molecule has 0 radical (unpaired) electrons. The van der Waals surface area contributed by atoms with E-state index in [-0.39, 0.29) is 24.2 Å². The van der Waals surface area contributed by atoms with Gasteiger partial charge in [-0.15, -0.1) is 0 Å². The second-order valence-electron chi connectivity index (χ2n) is 7.09. The van der Waals surface area contributed by atoms with Crippen LogP contribution in [0.4, 0.5) is 20.6 Å². The minimum Gasteiger partial charge on any atom is -0.313 e. The number of benzene rings is 2. The zero-order valence-corrected chi connectivity index (χ0v) is 15.3. The van der Waals surface area contributed by atoms with Crippen molar-refractivity contribution in [2.24, 2.45) is 0 Å². The molecule has 6 heteroatoms. The summed E-state index contributed by atoms with van der Waals surface area (Å²) >= 11 is 0. The summed E-state index contributed by atoms with van der Waals surface area (Å²) in [7, 11) is 0. The van der Waals surface area contributed by atoms with Crippen molar-refractivity contribution in [3.63, 3.8) is 0 Å². The van der Waals surface area contributed by atoms with Gasteiger partial charge in [0, 0.05) is 25.3 Å². The van der Waals surface area contributed by atoms with Crippen molar-refractivity contribution >= 4 is 23.3 Å². The standard InChI is InChI=1S/C21H22FN3O2/c1-15-8-9-18-16(13-15)5-4-10-24(18)20(26)14-23-11-12-25(21(23)27)19-7-3-2-6-17(19)22/h2-3,6-9,13H,4-5,10-12,14H2,1H3. The first-order valence-electron chi connectivity index (χ1n) is 9.25. The number of urea groups is 1. The van der Waals surface area contributed by atoms with E-state index in [0.717, 1.165) is 18.5 Å². The molecule has 0 bridgehead atoms. The SMILES string of the molecule is Cc1ccc2c(c1)CCCN2C(=O)CN1CCN(c2ccccc2F)C1=O. The zero-order valence-electron chi connectivity index (χ0n) is 15.3. The second-order valence-corrected chi connectivity index (χ2v) is 7.09. The van der Waals surface area contributed by atoms with E-state index in [1.165, 1.54) is 27.0 Å². The molecule has 0 saturated carbocycles. The van der Waals surface area contributed by atoms with Crippen LogP contribution in [0.3, 0.4) is 0 Å². The van der Waals surface area contributed by atoms with Crippen LogP contribution < -0.4 is 9.80 Å². The number of anilines is 2. The predicted octanol–water partition coefficient (Wildman–Crippen LogP) is 3.36. The summed E-state index contributed by atoms with van der Waals surface area (Å²) in [4.78, 5) is 30.2. The van der Waals surface area contributed by atoms with E-state index in [0.29, 0.717) is 19.6 Å². The van der Waals surface area contributed by atoms with Gasteiger partial charge in [-0.25, -0.2) is 9.18 Å². The van der Waals surface area contributed by atoms with Gasteiger partial charge in [0.15, 0.2) is 0 Å². The minimum absolute atomic E-state index is 0.0110. The van der Waals surface area contributed by atoms with Gasteiger partial charge < -0.3 is 9.80 Å². The van der Waals surface area contributed by atoms with Crippen molar-refractivity contribution in [2.45, 2.75) is 19.8 Å². The fourth-order valence-electron chi connectivity index (χ4n) is 3.86. The maximum atomic E-state index is 14.0. The number of hydrogen-bond donors (Lipinski definition) is 0. The first kappa shape index (κ1) is 17.5. The largest absolute Gasteiger partial charge is 0.325 e. The lowest BCUT2D eigenvalue weighted by Gasteiger charge is -2.31. The normalized spacial score (nSPS) is 16.7. The highest BCUT2D eigenvalue weighted by atomic mass is 19.1. The molecule has 140 valence electrons. The molecule has 2 aromatic carbocycles. The van der Waals surface area contributed by atoms with E-state index in [4.69, 9.17) is 0 Å². The summed E-state index contributed by atoms with van der Waals surface area (Å²) in [6.07, 6.45) is 1.88. The van der Waals surface area contributed by atoms with Crippen LogP contribution >= 0.6 is 0 Å². The van der Waals surface area contributed by atoms with Crippen LogP contribution in [0.2, 0.25) is 0 Å². The van der Waals surface area contributed by atoms with Gasteiger partial charge in [0.05, 0.1) is 5.69 Å². The Morgan fingerprint density at radius 1 is 1.07 bits per heavy atom. The lowest BCUT2D eigenvalue weighted by molar-refractivity contribution is -0.119. The van der Waals surface area contributed by atoms with Crippen molar-refractivity contribution in [3.8, 4) is 0 Å². The van der Waals surface area contributed by atoms with E-state index in [1.54, 1.807) is 23.1 Å². The summed E-state index contributed by atoms with van der Waals surface area (Å²) in [6.45, 7) is 3.50. The molecule has 2 aliphatic heterocycles. The third-order valence-electron chi connectivity index (χ3n) is 5.22. The fraction of sp³-hybridized carbons (Fsp3) is 0.333. The first-order chi connectivity index (χ1) is 13.0. The Kier molecular flexibility index (Phi) is 4.56. The van der Waals surface area contributed by atoms with E-state index in [9.17, 15) is 14.0 Å². The van der Waals surface area contributed by atoms with Crippen LogP contribution in [0.25, 0.3) is 0 Å². The van der Waals surface area contributed by atoms with Crippen LogP contribution in [0.1, 0.15) is 17.5 Å². The van der Waals surface area contributed by atoms with E-state index in [2.05, 4.69) is 6.07 Å². The fourth-order valence-corrected chi connectivity index (χ4v) is 3.86. The number of rotatable bonds is 3. The maximum Gasteiger partial charge on any atom is 0.325 e. The number of amides is 3. The molecule has 1 fully saturated rings. The molecule has 2 aromatic rings. The van der Waals surface area contributed by atoms with E-state index in [1.807, 2.05) is 19.1 Å². The average molecular weight is 367 g/mol. The monoisotopic (exact) mass is 367 g/mol. The number of nitrogens with zero attached hydrogens (tertiary/aromatic N) is 3. The molecule has 2 aliphatic rings.